The molecule has 0 aromatic heterocycles. The zero-order chi connectivity index (χ0) is 21.3. The third-order valence-electron chi connectivity index (χ3n) is 6.11. The van der Waals surface area contributed by atoms with Gasteiger partial charge in [0.25, 0.3) is 5.91 Å². The van der Waals surface area contributed by atoms with Crippen LogP contribution >= 0.6 is 0 Å². The molecular weight excluding hydrogens is 390 g/mol. The zero-order valence-electron chi connectivity index (χ0n) is 17.2. The fourth-order valence-corrected chi connectivity index (χ4v) is 4.50. The first-order valence-corrected chi connectivity index (χ1v) is 10.1. The van der Waals surface area contributed by atoms with Crippen molar-refractivity contribution in [3.8, 4) is 0 Å². The molecule has 2 heterocycles. The number of carbonyl (C=O) groups excluding carboxylic acids is 1. The summed E-state index contributed by atoms with van der Waals surface area (Å²) in [4.78, 5) is 16.5. The van der Waals surface area contributed by atoms with E-state index in [0.717, 1.165) is 17.3 Å². The minimum Gasteiger partial charge on any atom is -0.383 e. The molecule has 4 rings (SSSR count). The van der Waals surface area contributed by atoms with Gasteiger partial charge in [0.15, 0.2) is 0 Å². The van der Waals surface area contributed by atoms with Gasteiger partial charge in [-0.1, -0.05) is 24.3 Å². The molecule has 0 radical (unpaired) electrons. The van der Waals surface area contributed by atoms with Crippen LogP contribution in [-0.4, -0.2) is 57.4 Å². The van der Waals surface area contributed by atoms with Gasteiger partial charge in [-0.15, -0.1) is 0 Å². The minimum absolute atomic E-state index is 0.0514. The Morgan fingerprint density at radius 1 is 1.30 bits per heavy atom. The Labute approximate surface area is 175 Å². The Kier molecular flexibility index (Phi) is 5.75. The van der Waals surface area contributed by atoms with E-state index in [0.29, 0.717) is 44.8 Å². The number of methoxy groups -OCH3 is 1. The first kappa shape index (κ1) is 20.8. The third kappa shape index (κ3) is 3.79. The van der Waals surface area contributed by atoms with Crippen molar-refractivity contribution < 1.29 is 23.0 Å². The number of likely N-dealkylation sites (N-methyl/N-ethyl adjacent to an activating group) is 1. The van der Waals surface area contributed by atoms with Gasteiger partial charge in [0.2, 0.25) is 0 Å². The average molecular weight is 416 g/mol. The van der Waals surface area contributed by atoms with Crippen LogP contribution in [0.3, 0.4) is 0 Å². The number of anilines is 1. The number of fused-ring (bicyclic) bond motifs is 2. The van der Waals surface area contributed by atoms with Crippen LogP contribution in [0.5, 0.6) is 0 Å². The SMILES string of the molecule is COCCN(C)C(=O)[C@H]1C[C@@]2(CO1)CN(Cc1ccc(F)cc1F)c1ccccc12. The smallest absolute Gasteiger partial charge is 0.251 e. The lowest BCUT2D eigenvalue weighted by atomic mass is 9.80. The zero-order valence-corrected chi connectivity index (χ0v) is 17.2. The quantitative estimate of drug-likeness (QED) is 0.726. The van der Waals surface area contributed by atoms with Gasteiger partial charge in [-0.2, -0.15) is 0 Å². The molecule has 2 aliphatic rings. The van der Waals surface area contributed by atoms with Crippen LogP contribution in [-0.2, 0) is 26.2 Å². The van der Waals surface area contributed by atoms with Gasteiger partial charge >= 0.3 is 0 Å². The Morgan fingerprint density at radius 3 is 2.87 bits per heavy atom. The van der Waals surface area contributed by atoms with Gasteiger partial charge in [-0.3, -0.25) is 4.79 Å². The second kappa shape index (κ2) is 8.32. The van der Waals surface area contributed by atoms with Crippen molar-refractivity contribution in [1.82, 2.24) is 4.90 Å². The number of carbonyl (C=O) groups is 1. The maximum atomic E-state index is 14.3. The molecule has 5 nitrogen and oxygen atoms in total. The summed E-state index contributed by atoms with van der Waals surface area (Å²) in [5.41, 5.74) is 2.23. The molecule has 0 saturated carbocycles. The molecule has 7 heteroatoms. The maximum absolute atomic E-state index is 14.3. The molecule has 0 N–H and O–H groups in total. The summed E-state index contributed by atoms with van der Waals surface area (Å²) in [5, 5.41) is 0. The molecule has 0 aliphatic carbocycles. The molecule has 30 heavy (non-hydrogen) atoms. The highest BCUT2D eigenvalue weighted by atomic mass is 19.1. The van der Waals surface area contributed by atoms with E-state index in [1.807, 2.05) is 18.2 Å². The second-order valence-electron chi connectivity index (χ2n) is 8.15. The fraction of sp³-hybridized carbons (Fsp3) is 0.435. The maximum Gasteiger partial charge on any atom is 0.251 e. The topological polar surface area (TPSA) is 42.0 Å². The largest absolute Gasteiger partial charge is 0.383 e. The summed E-state index contributed by atoms with van der Waals surface area (Å²) in [6.07, 6.45) is 0.0603. The Hall–Kier alpha value is -2.51. The molecule has 1 amide bonds. The van der Waals surface area contributed by atoms with Crippen molar-refractivity contribution in [2.45, 2.75) is 24.5 Å². The summed E-state index contributed by atoms with van der Waals surface area (Å²) >= 11 is 0. The van der Waals surface area contributed by atoms with Crippen LogP contribution in [0.15, 0.2) is 42.5 Å². The highest BCUT2D eigenvalue weighted by molar-refractivity contribution is 5.81. The standard InChI is InChI=1S/C23H26F2N2O3/c1-26(9-10-29-2)22(28)21-12-23(15-30-21)14-27(20-6-4-3-5-18(20)23)13-16-7-8-17(24)11-19(16)25/h3-8,11,21H,9-10,12-15H2,1-2H3/t21-,23+/m1/s1. The van der Waals surface area contributed by atoms with Crippen LogP contribution in [0.1, 0.15) is 17.5 Å². The van der Waals surface area contributed by atoms with E-state index in [4.69, 9.17) is 9.47 Å². The van der Waals surface area contributed by atoms with Crippen LogP contribution in [0, 0.1) is 11.6 Å². The van der Waals surface area contributed by atoms with Crippen molar-refractivity contribution in [2.75, 3.05) is 45.4 Å². The number of benzene rings is 2. The Morgan fingerprint density at radius 2 is 2.10 bits per heavy atom. The van der Waals surface area contributed by atoms with Crippen LogP contribution in [0.4, 0.5) is 14.5 Å². The summed E-state index contributed by atoms with van der Waals surface area (Å²) in [6.45, 7) is 2.36. The third-order valence-corrected chi connectivity index (χ3v) is 6.11. The van der Waals surface area contributed by atoms with Gasteiger partial charge in [0, 0.05) is 56.5 Å². The lowest BCUT2D eigenvalue weighted by Crippen LogP contribution is -2.39. The molecular formula is C23H26F2N2O3. The highest BCUT2D eigenvalue weighted by Crippen LogP contribution is 2.48. The van der Waals surface area contributed by atoms with E-state index in [1.165, 1.54) is 12.1 Å². The van der Waals surface area contributed by atoms with Crippen LogP contribution < -0.4 is 4.90 Å². The normalized spacial score (nSPS) is 22.5. The number of para-hydroxylation sites is 1. The molecule has 1 fully saturated rings. The summed E-state index contributed by atoms with van der Waals surface area (Å²) in [6, 6.07) is 11.7. The van der Waals surface area contributed by atoms with Gasteiger partial charge in [-0.25, -0.2) is 8.78 Å². The van der Waals surface area contributed by atoms with E-state index in [9.17, 15) is 13.6 Å². The van der Waals surface area contributed by atoms with Crippen molar-refractivity contribution in [3.05, 3.63) is 65.2 Å². The Bertz CT molecular complexity index is 938. The predicted molar refractivity (Wildman–Crippen MR) is 109 cm³/mol. The van der Waals surface area contributed by atoms with E-state index in [1.54, 1.807) is 19.1 Å². The monoisotopic (exact) mass is 416 g/mol. The van der Waals surface area contributed by atoms with Crippen molar-refractivity contribution >= 4 is 11.6 Å². The van der Waals surface area contributed by atoms with E-state index in [2.05, 4.69) is 11.0 Å². The lowest BCUT2D eigenvalue weighted by molar-refractivity contribution is -0.140. The van der Waals surface area contributed by atoms with Crippen molar-refractivity contribution in [1.29, 1.82) is 0 Å². The van der Waals surface area contributed by atoms with E-state index < -0.39 is 17.7 Å². The number of halogens is 2. The van der Waals surface area contributed by atoms with E-state index >= 15 is 0 Å². The average Bonchev–Trinajstić information content (AvgIpc) is 3.30. The first-order valence-electron chi connectivity index (χ1n) is 10.1. The van der Waals surface area contributed by atoms with Crippen LogP contribution in [0.2, 0.25) is 0 Å². The van der Waals surface area contributed by atoms with E-state index in [-0.39, 0.29) is 11.3 Å². The molecule has 1 saturated heterocycles. The number of ether oxygens (including phenoxy) is 2. The van der Waals surface area contributed by atoms with Gasteiger partial charge < -0.3 is 19.3 Å². The molecule has 2 aromatic carbocycles. The summed E-state index contributed by atoms with van der Waals surface area (Å²) in [7, 11) is 3.36. The number of hydrogen-bond acceptors (Lipinski definition) is 4. The predicted octanol–water partition coefficient (Wildman–Crippen LogP) is 3.12. The summed E-state index contributed by atoms with van der Waals surface area (Å²) in [5.74, 6) is -1.19. The van der Waals surface area contributed by atoms with Crippen LogP contribution in [0.25, 0.3) is 0 Å². The molecule has 0 bridgehead atoms. The van der Waals surface area contributed by atoms with Gasteiger partial charge in [-0.05, 0) is 24.1 Å². The van der Waals surface area contributed by atoms with Gasteiger partial charge in [0.1, 0.15) is 17.7 Å². The number of hydrogen-bond donors (Lipinski definition) is 0. The molecule has 160 valence electrons. The molecule has 2 aromatic rings. The Balaban J connectivity index is 1.55. The van der Waals surface area contributed by atoms with Crippen molar-refractivity contribution in [3.63, 3.8) is 0 Å². The summed E-state index contributed by atoms with van der Waals surface area (Å²) < 4.78 is 38.6. The lowest BCUT2D eigenvalue weighted by Gasteiger charge is -2.25. The number of amides is 1. The minimum atomic E-state index is -0.585. The molecule has 1 spiro atoms. The highest BCUT2D eigenvalue weighted by Gasteiger charge is 2.50. The van der Waals surface area contributed by atoms with Gasteiger partial charge in [0.05, 0.1) is 13.2 Å². The molecule has 2 aliphatic heterocycles. The van der Waals surface area contributed by atoms with Crippen molar-refractivity contribution in [2.24, 2.45) is 0 Å². The second-order valence-corrected chi connectivity index (χ2v) is 8.15. The first-order chi connectivity index (χ1) is 14.4. The molecule has 0 unspecified atom stereocenters. The number of rotatable bonds is 6. The molecule has 2 atom stereocenters. The fourth-order valence-electron chi connectivity index (χ4n) is 4.50. The number of nitrogens with zero attached hydrogens (tertiary/aromatic N) is 2.